The van der Waals surface area contributed by atoms with Gasteiger partial charge in [-0.05, 0) is 26.3 Å². The number of aromatic nitrogens is 1. The molecule has 0 amide bonds. The van der Waals surface area contributed by atoms with Crippen molar-refractivity contribution in [2.45, 2.75) is 46.6 Å². The molecule has 1 N–H and O–H groups in total. The molecule has 1 rings (SSSR count). The molecule has 1 aromatic heterocycles. The van der Waals surface area contributed by atoms with Crippen LogP contribution in [0.1, 0.15) is 42.3 Å². The van der Waals surface area contributed by atoms with Crippen LogP contribution in [0.15, 0.2) is 0 Å². The van der Waals surface area contributed by atoms with Crippen molar-refractivity contribution in [2.24, 2.45) is 0 Å². The van der Waals surface area contributed by atoms with Gasteiger partial charge in [0.05, 0.1) is 10.7 Å². The molecule has 0 radical (unpaired) electrons. The van der Waals surface area contributed by atoms with Crippen LogP contribution in [0.5, 0.6) is 0 Å². The molecule has 0 aromatic carbocycles. The van der Waals surface area contributed by atoms with Crippen LogP contribution in [-0.4, -0.2) is 11.5 Å². The van der Waals surface area contributed by atoms with E-state index in [1.54, 1.807) is 0 Å². The summed E-state index contributed by atoms with van der Waals surface area (Å²) < 4.78 is 0. The van der Waals surface area contributed by atoms with Gasteiger partial charge in [-0.2, -0.15) is 0 Å². The van der Waals surface area contributed by atoms with Gasteiger partial charge in [-0.15, -0.1) is 11.3 Å². The standard InChI is InChI=1S/C11H20N2S/c1-4-6-7-12-8-11-10(5-2)13-9(3)14-11/h12H,4-8H2,1-3H3. The number of hydrogen-bond acceptors (Lipinski definition) is 3. The second-order valence-corrected chi connectivity index (χ2v) is 4.77. The minimum atomic E-state index is 0.995. The third-order valence-electron chi connectivity index (χ3n) is 2.21. The minimum absolute atomic E-state index is 0.995. The molecule has 0 saturated heterocycles. The Morgan fingerprint density at radius 3 is 2.79 bits per heavy atom. The van der Waals surface area contributed by atoms with Crippen molar-refractivity contribution in [3.63, 3.8) is 0 Å². The van der Waals surface area contributed by atoms with Crippen LogP contribution in [-0.2, 0) is 13.0 Å². The maximum atomic E-state index is 4.51. The molecule has 2 nitrogen and oxygen atoms in total. The Morgan fingerprint density at radius 1 is 1.36 bits per heavy atom. The van der Waals surface area contributed by atoms with Crippen molar-refractivity contribution in [2.75, 3.05) is 6.54 Å². The van der Waals surface area contributed by atoms with Gasteiger partial charge in [-0.3, -0.25) is 0 Å². The fraction of sp³-hybridized carbons (Fsp3) is 0.727. The summed E-state index contributed by atoms with van der Waals surface area (Å²) in [6.45, 7) is 8.59. The van der Waals surface area contributed by atoms with Crippen molar-refractivity contribution >= 4 is 11.3 Å². The number of hydrogen-bond donors (Lipinski definition) is 1. The first kappa shape index (κ1) is 11.7. The zero-order valence-electron chi connectivity index (χ0n) is 9.39. The van der Waals surface area contributed by atoms with Gasteiger partial charge in [-0.25, -0.2) is 4.98 Å². The largest absolute Gasteiger partial charge is 0.312 e. The summed E-state index contributed by atoms with van der Waals surface area (Å²) in [7, 11) is 0. The van der Waals surface area contributed by atoms with E-state index in [1.807, 2.05) is 11.3 Å². The number of unbranched alkanes of at least 4 members (excludes halogenated alkanes) is 1. The molecule has 0 saturated carbocycles. The number of aryl methyl sites for hydroxylation is 2. The predicted octanol–water partition coefficient (Wildman–Crippen LogP) is 2.90. The fourth-order valence-electron chi connectivity index (χ4n) is 1.43. The quantitative estimate of drug-likeness (QED) is 0.733. The van der Waals surface area contributed by atoms with Crippen molar-refractivity contribution in [1.29, 1.82) is 0 Å². The maximum Gasteiger partial charge on any atom is 0.0900 e. The van der Waals surface area contributed by atoms with E-state index in [-0.39, 0.29) is 0 Å². The third-order valence-corrected chi connectivity index (χ3v) is 3.23. The molecule has 0 bridgehead atoms. The Balaban J connectivity index is 2.41. The normalized spacial score (nSPS) is 10.8. The highest BCUT2D eigenvalue weighted by Crippen LogP contribution is 2.17. The monoisotopic (exact) mass is 212 g/mol. The van der Waals surface area contributed by atoms with E-state index < -0.39 is 0 Å². The van der Waals surface area contributed by atoms with Gasteiger partial charge in [0.25, 0.3) is 0 Å². The lowest BCUT2D eigenvalue weighted by molar-refractivity contribution is 0.642. The molecule has 1 aromatic rings. The summed E-state index contributed by atoms with van der Waals surface area (Å²) in [6.07, 6.45) is 3.57. The second-order valence-electron chi connectivity index (χ2n) is 3.49. The molecule has 0 fully saturated rings. The Hall–Kier alpha value is -0.410. The van der Waals surface area contributed by atoms with Crippen LogP contribution < -0.4 is 5.32 Å². The summed E-state index contributed by atoms with van der Waals surface area (Å²) in [5.41, 5.74) is 1.27. The first-order chi connectivity index (χ1) is 6.77. The van der Waals surface area contributed by atoms with Crippen molar-refractivity contribution in [3.8, 4) is 0 Å². The fourth-order valence-corrected chi connectivity index (χ4v) is 2.42. The number of nitrogens with one attached hydrogen (secondary N) is 1. The summed E-state index contributed by atoms with van der Waals surface area (Å²) in [5.74, 6) is 0. The van der Waals surface area contributed by atoms with Gasteiger partial charge in [0, 0.05) is 11.4 Å². The Morgan fingerprint density at radius 2 is 2.14 bits per heavy atom. The third kappa shape index (κ3) is 3.39. The minimum Gasteiger partial charge on any atom is -0.312 e. The van der Waals surface area contributed by atoms with Gasteiger partial charge in [0.1, 0.15) is 0 Å². The molecule has 0 aliphatic rings. The van der Waals surface area contributed by atoms with E-state index in [4.69, 9.17) is 0 Å². The molecule has 0 aliphatic heterocycles. The van der Waals surface area contributed by atoms with Gasteiger partial charge < -0.3 is 5.32 Å². The van der Waals surface area contributed by atoms with Gasteiger partial charge in [0.15, 0.2) is 0 Å². The average molecular weight is 212 g/mol. The summed E-state index contributed by atoms with van der Waals surface area (Å²) >= 11 is 1.82. The highest BCUT2D eigenvalue weighted by molar-refractivity contribution is 7.11. The lowest BCUT2D eigenvalue weighted by atomic mass is 10.3. The van der Waals surface area contributed by atoms with E-state index in [1.165, 1.54) is 28.4 Å². The topological polar surface area (TPSA) is 24.9 Å². The molecule has 80 valence electrons. The SMILES string of the molecule is CCCCNCc1sc(C)nc1CC. The van der Waals surface area contributed by atoms with Gasteiger partial charge in [-0.1, -0.05) is 20.3 Å². The molecular formula is C11H20N2S. The Kier molecular flexibility index (Phi) is 5.12. The molecule has 0 atom stereocenters. The van der Waals surface area contributed by atoms with Crippen molar-refractivity contribution in [1.82, 2.24) is 10.3 Å². The van der Waals surface area contributed by atoms with Gasteiger partial charge in [0.2, 0.25) is 0 Å². The van der Waals surface area contributed by atoms with E-state index in [0.717, 1.165) is 19.5 Å². The lowest BCUT2D eigenvalue weighted by Gasteiger charge is -2.02. The zero-order chi connectivity index (χ0) is 10.4. The van der Waals surface area contributed by atoms with Crippen molar-refractivity contribution < 1.29 is 0 Å². The first-order valence-electron chi connectivity index (χ1n) is 5.43. The van der Waals surface area contributed by atoms with Gasteiger partial charge >= 0.3 is 0 Å². The van der Waals surface area contributed by atoms with Crippen LogP contribution in [0.2, 0.25) is 0 Å². The lowest BCUT2D eigenvalue weighted by Crippen LogP contribution is -2.14. The van der Waals surface area contributed by atoms with Crippen LogP contribution >= 0.6 is 11.3 Å². The molecule has 0 aliphatic carbocycles. The van der Waals surface area contributed by atoms with E-state index in [2.05, 4.69) is 31.1 Å². The smallest absolute Gasteiger partial charge is 0.0900 e. The number of thiazole rings is 1. The average Bonchev–Trinajstić information content (AvgIpc) is 2.54. The van der Waals surface area contributed by atoms with E-state index >= 15 is 0 Å². The van der Waals surface area contributed by atoms with Crippen molar-refractivity contribution in [3.05, 3.63) is 15.6 Å². The van der Waals surface area contributed by atoms with Crippen LogP contribution in [0.25, 0.3) is 0 Å². The Bertz CT molecular complexity index is 268. The summed E-state index contributed by atoms with van der Waals surface area (Å²) in [5, 5.41) is 4.65. The molecular weight excluding hydrogens is 192 g/mol. The predicted molar refractivity (Wildman–Crippen MR) is 62.8 cm³/mol. The number of rotatable bonds is 6. The molecule has 0 unspecified atom stereocenters. The molecule has 0 spiro atoms. The van der Waals surface area contributed by atoms with E-state index in [0.29, 0.717) is 0 Å². The van der Waals surface area contributed by atoms with E-state index in [9.17, 15) is 0 Å². The highest BCUT2D eigenvalue weighted by atomic mass is 32.1. The zero-order valence-corrected chi connectivity index (χ0v) is 10.2. The molecule has 3 heteroatoms. The van der Waals surface area contributed by atoms with Crippen LogP contribution in [0, 0.1) is 6.92 Å². The maximum absolute atomic E-state index is 4.51. The number of nitrogens with zero attached hydrogens (tertiary/aromatic N) is 1. The summed E-state index contributed by atoms with van der Waals surface area (Å²) in [4.78, 5) is 5.92. The van der Waals surface area contributed by atoms with Crippen LogP contribution in [0.3, 0.4) is 0 Å². The Labute approximate surface area is 90.8 Å². The second kappa shape index (κ2) is 6.14. The summed E-state index contributed by atoms with van der Waals surface area (Å²) in [6, 6.07) is 0. The molecule has 1 heterocycles. The molecule has 14 heavy (non-hydrogen) atoms. The highest BCUT2D eigenvalue weighted by Gasteiger charge is 2.05. The first-order valence-corrected chi connectivity index (χ1v) is 6.25. The van der Waals surface area contributed by atoms with Crippen LogP contribution in [0.4, 0.5) is 0 Å².